The normalized spacial score (nSPS) is 19.6. The molecule has 39 heavy (non-hydrogen) atoms. The molecule has 1 aliphatic carbocycles. The smallest absolute Gasteiger partial charge is 0.129 e. The van der Waals surface area contributed by atoms with Crippen LogP contribution in [0.4, 0.5) is 0 Å². The summed E-state index contributed by atoms with van der Waals surface area (Å²) in [7, 11) is 1.72. The maximum Gasteiger partial charge on any atom is 0.129 e. The molecule has 1 aliphatic heterocycles. The highest BCUT2D eigenvalue weighted by molar-refractivity contribution is 5.52. The molecule has 0 bridgehead atoms. The SMILES string of the molecule is C=C1CC2c3cc(OCc4ccccc4)cc(COC)c3OC(c3ccc(OCc4ccccc4)cc3)C2C1. The Morgan fingerprint density at radius 1 is 0.744 bits per heavy atom. The Morgan fingerprint density at radius 3 is 2.03 bits per heavy atom. The second-order valence-corrected chi connectivity index (χ2v) is 10.5. The third kappa shape index (κ3) is 5.57. The van der Waals surface area contributed by atoms with Crippen molar-refractivity contribution in [2.75, 3.05) is 7.11 Å². The predicted molar refractivity (Wildman–Crippen MR) is 153 cm³/mol. The van der Waals surface area contributed by atoms with Crippen molar-refractivity contribution >= 4 is 0 Å². The summed E-state index contributed by atoms with van der Waals surface area (Å²) >= 11 is 0. The van der Waals surface area contributed by atoms with Crippen molar-refractivity contribution in [2.24, 2.45) is 5.92 Å². The Balaban J connectivity index is 1.26. The third-order valence-corrected chi connectivity index (χ3v) is 7.76. The molecule has 0 spiro atoms. The highest BCUT2D eigenvalue weighted by Crippen LogP contribution is 2.56. The lowest BCUT2D eigenvalue weighted by Crippen LogP contribution is -2.27. The molecular weight excluding hydrogens is 484 g/mol. The summed E-state index contributed by atoms with van der Waals surface area (Å²) in [4.78, 5) is 0. The van der Waals surface area contributed by atoms with Crippen LogP contribution in [0.3, 0.4) is 0 Å². The van der Waals surface area contributed by atoms with Gasteiger partial charge in [-0.25, -0.2) is 0 Å². The van der Waals surface area contributed by atoms with Crippen LogP contribution in [0.5, 0.6) is 17.2 Å². The number of hydrogen-bond donors (Lipinski definition) is 0. The molecule has 4 aromatic carbocycles. The van der Waals surface area contributed by atoms with Crippen LogP contribution in [0, 0.1) is 5.92 Å². The first kappa shape index (κ1) is 25.3. The fraction of sp³-hybridized carbons (Fsp3) is 0.257. The zero-order valence-corrected chi connectivity index (χ0v) is 22.3. The molecule has 2 aliphatic rings. The average Bonchev–Trinajstić information content (AvgIpc) is 3.38. The van der Waals surface area contributed by atoms with Crippen molar-refractivity contribution in [1.29, 1.82) is 0 Å². The number of fused-ring (bicyclic) bond motifs is 3. The second kappa shape index (κ2) is 11.4. The summed E-state index contributed by atoms with van der Waals surface area (Å²) in [5.74, 6) is 3.28. The van der Waals surface area contributed by atoms with Gasteiger partial charge in [0.1, 0.15) is 36.6 Å². The highest BCUT2D eigenvalue weighted by Gasteiger charge is 2.44. The van der Waals surface area contributed by atoms with E-state index in [0.29, 0.717) is 31.7 Å². The van der Waals surface area contributed by atoms with Gasteiger partial charge < -0.3 is 18.9 Å². The van der Waals surface area contributed by atoms with E-state index >= 15 is 0 Å². The number of rotatable bonds is 9. The maximum absolute atomic E-state index is 6.83. The standard InChI is InChI=1S/C35H34O4/c1-24-17-31-32(18-24)34(27-13-15-29(16-14-27)37-21-25-9-5-3-6-10-25)39-35-28(23-36-2)19-30(20-33(31)35)38-22-26-11-7-4-8-12-26/h3-16,19-20,31-32,34H,1,17-18,21-23H2,2H3. The van der Waals surface area contributed by atoms with E-state index in [1.807, 2.05) is 48.5 Å². The van der Waals surface area contributed by atoms with Gasteiger partial charge in [-0.2, -0.15) is 0 Å². The number of benzene rings is 4. The van der Waals surface area contributed by atoms with Crippen molar-refractivity contribution in [3.8, 4) is 17.2 Å². The van der Waals surface area contributed by atoms with Crippen LogP contribution in [0.15, 0.2) is 109 Å². The summed E-state index contributed by atoms with van der Waals surface area (Å²) in [6, 6.07) is 33.1. The van der Waals surface area contributed by atoms with E-state index in [2.05, 4.69) is 55.1 Å². The Hall–Kier alpha value is -4.02. The molecule has 3 unspecified atom stereocenters. The zero-order chi connectivity index (χ0) is 26.6. The van der Waals surface area contributed by atoms with Crippen LogP contribution in [0.25, 0.3) is 0 Å². The first-order chi connectivity index (χ1) is 19.2. The molecule has 4 heteroatoms. The molecule has 6 rings (SSSR count). The largest absolute Gasteiger partial charge is 0.489 e. The number of allylic oxidation sites excluding steroid dienone is 1. The van der Waals surface area contributed by atoms with Gasteiger partial charge in [-0.05, 0) is 59.7 Å². The van der Waals surface area contributed by atoms with Crippen LogP contribution >= 0.6 is 0 Å². The predicted octanol–water partition coefficient (Wildman–Crippen LogP) is 8.17. The van der Waals surface area contributed by atoms with Crippen molar-refractivity contribution < 1.29 is 18.9 Å². The minimum Gasteiger partial charge on any atom is -0.489 e. The molecule has 1 saturated carbocycles. The summed E-state index contributed by atoms with van der Waals surface area (Å²) < 4.78 is 24.7. The number of methoxy groups -OCH3 is 1. The molecule has 3 atom stereocenters. The summed E-state index contributed by atoms with van der Waals surface area (Å²) in [6.07, 6.45) is 1.86. The first-order valence-electron chi connectivity index (χ1n) is 13.6. The van der Waals surface area contributed by atoms with E-state index in [1.54, 1.807) is 7.11 Å². The number of hydrogen-bond acceptors (Lipinski definition) is 4. The molecule has 1 heterocycles. The van der Waals surface area contributed by atoms with Gasteiger partial charge in [0.25, 0.3) is 0 Å². The van der Waals surface area contributed by atoms with Crippen molar-refractivity contribution in [1.82, 2.24) is 0 Å². The van der Waals surface area contributed by atoms with E-state index in [0.717, 1.165) is 52.3 Å². The van der Waals surface area contributed by atoms with Gasteiger partial charge in [0.15, 0.2) is 0 Å². The minimum atomic E-state index is -0.0587. The molecule has 0 aromatic heterocycles. The van der Waals surface area contributed by atoms with Crippen molar-refractivity contribution in [3.63, 3.8) is 0 Å². The van der Waals surface area contributed by atoms with Gasteiger partial charge >= 0.3 is 0 Å². The second-order valence-electron chi connectivity index (χ2n) is 10.5. The molecule has 4 aromatic rings. The van der Waals surface area contributed by atoms with Crippen LogP contribution < -0.4 is 14.2 Å². The maximum atomic E-state index is 6.83. The monoisotopic (exact) mass is 518 g/mol. The quantitative estimate of drug-likeness (QED) is 0.209. The van der Waals surface area contributed by atoms with Crippen LogP contribution in [-0.4, -0.2) is 7.11 Å². The molecular formula is C35H34O4. The molecule has 0 N–H and O–H groups in total. The summed E-state index contributed by atoms with van der Waals surface area (Å²) in [5, 5.41) is 0. The van der Waals surface area contributed by atoms with Gasteiger partial charge in [-0.3, -0.25) is 0 Å². The van der Waals surface area contributed by atoms with Gasteiger partial charge in [0, 0.05) is 24.2 Å². The van der Waals surface area contributed by atoms with Crippen LogP contribution in [-0.2, 0) is 24.6 Å². The lowest BCUT2D eigenvalue weighted by molar-refractivity contribution is 0.0977. The van der Waals surface area contributed by atoms with Gasteiger partial charge in [-0.1, -0.05) is 84.9 Å². The van der Waals surface area contributed by atoms with Crippen molar-refractivity contribution in [3.05, 3.63) is 137 Å². The van der Waals surface area contributed by atoms with E-state index in [9.17, 15) is 0 Å². The van der Waals surface area contributed by atoms with E-state index < -0.39 is 0 Å². The lowest BCUT2D eigenvalue weighted by atomic mass is 9.79. The minimum absolute atomic E-state index is 0.0587. The Kier molecular flexibility index (Phi) is 7.38. The third-order valence-electron chi connectivity index (χ3n) is 7.76. The van der Waals surface area contributed by atoms with Crippen molar-refractivity contribution in [2.45, 2.75) is 44.7 Å². The Bertz CT molecular complexity index is 1410. The molecule has 0 amide bonds. The molecule has 198 valence electrons. The van der Waals surface area contributed by atoms with Gasteiger partial charge in [-0.15, -0.1) is 0 Å². The molecule has 4 nitrogen and oxygen atoms in total. The fourth-order valence-corrected chi connectivity index (χ4v) is 5.89. The summed E-state index contributed by atoms with van der Waals surface area (Å²) in [6.45, 7) is 5.90. The Labute approximate surface area is 230 Å². The fourth-order valence-electron chi connectivity index (χ4n) is 5.89. The van der Waals surface area contributed by atoms with Crippen LogP contribution in [0.2, 0.25) is 0 Å². The molecule has 0 saturated heterocycles. The lowest BCUT2D eigenvalue weighted by Gasteiger charge is -2.37. The van der Waals surface area contributed by atoms with E-state index in [1.165, 1.54) is 11.1 Å². The zero-order valence-electron chi connectivity index (χ0n) is 22.3. The first-order valence-corrected chi connectivity index (χ1v) is 13.6. The highest BCUT2D eigenvalue weighted by atomic mass is 16.5. The molecule has 0 radical (unpaired) electrons. The number of ether oxygens (including phenoxy) is 4. The van der Waals surface area contributed by atoms with E-state index in [4.69, 9.17) is 18.9 Å². The van der Waals surface area contributed by atoms with Gasteiger partial charge in [0.05, 0.1) is 6.61 Å². The van der Waals surface area contributed by atoms with Crippen LogP contribution in [0.1, 0.15) is 52.7 Å². The topological polar surface area (TPSA) is 36.9 Å². The molecule has 1 fully saturated rings. The summed E-state index contributed by atoms with van der Waals surface area (Å²) in [5.41, 5.74) is 6.95. The Morgan fingerprint density at radius 2 is 1.38 bits per heavy atom. The average molecular weight is 519 g/mol. The van der Waals surface area contributed by atoms with Gasteiger partial charge in [0.2, 0.25) is 0 Å². The van der Waals surface area contributed by atoms with E-state index in [-0.39, 0.29) is 6.10 Å².